The maximum absolute atomic E-state index is 13.1. The smallest absolute Gasteiger partial charge is 0.303 e. The van der Waals surface area contributed by atoms with Crippen LogP contribution in [0.5, 0.6) is 5.75 Å². The van der Waals surface area contributed by atoms with Gasteiger partial charge in [-0.1, -0.05) is 24.3 Å². The van der Waals surface area contributed by atoms with Gasteiger partial charge in [0.25, 0.3) is 0 Å². The molecule has 0 unspecified atom stereocenters. The standard InChI is InChI=1S/C19H20FNO4/c20-16-4-1-3-15(11-16)12-18(22)21-13-14-6-8-17(9-7-14)25-10-2-5-19(23)24/h1,3-4,6-9,11H,2,5,10,12-13H2,(H,21,22)(H,23,24). The number of carbonyl (C=O) groups excluding carboxylic acids is 1. The van der Waals surface area contributed by atoms with Crippen molar-refractivity contribution >= 4 is 11.9 Å². The lowest BCUT2D eigenvalue weighted by atomic mass is 10.1. The first kappa shape index (κ1) is 18.4. The molecule has 0 spiro atoms. The first-order valence-electron chi connectivity index (χ1n) is 7.97. The zero-order chi connectivity index (χ0) is 18.1. The summed E-state index contributed by atoms with van der Waals surface area (Å²) in [6.07, 6.45) is 0.658. The predicted molar refractivity (Wildman–Crippen MR) is 90.8 cm³/mol. The minimum Gasteiger partial charge on any atom is -0.494 e. The molecule has 2 rings (SSSR count). The molecule has 6 heteroatoms. The Morgan fingerprint density at radius 2 is 1.84 bits per heavy atom. The van der Waals surface area contributed by atoms with Gasteiger partial charge in [-0.2, -0.15) is 0 Å². The van der Waals surface area contributed by atoms with Crippen molar-refractivity contribution in [2.75, 3.05) is 6.61 Å². The van der Waals surface area contributed by atoms with Gasteiger partial charge in [0, 0.05) is 13.0 Å². The van der Waals surface area contributed by atoms with Crippen molar-refractivity contribution in [2.45, 2.75) is 25.8 Å². The largest absolute Gasteiger partial charge is 0.494 e. The highest BCUT2D eigenvalue weighted by atomic mass is 19.1. The van der Waals surface area contributed by atoms with E-state index in [4.69, 9.17) is 9.84 Å². The van der Waals surface area contributed by atoms with Crippen molar-refractivity contribution < 1.29 is 23.8 Å². The quantitative estimate of drug-likeness (QED) is 0.685. The number of carboxylic acid groups (broad SMARTS) is 1. The maximum Gasteiger partial charge on any atom is 0.303 e. The van der Waals surface area contributed by atoms with Crippen LogP contribution in [0.15, 0.2) is 48.5 Å². The first-order valence-corrected chi connectivity index (χ1v) is 7.97. The van der Waals surface area contributed by atoms with Crippen LogP contribution >= 0.6 is 0 Å². The summed E-state index contributed by atoms with van der Waals surface area (Å²) in [7, 11) is 0. The second-order valence-electron chi connectivity index (χ2n) is 5.57. The number of hydrogen-bond donors (Lipinski definition) is 2. The summed E-state index contributed by atoms with van der Waals surface area (Å²) in [4.78, 5) is 22.3. The number of amides is 1. The van der Waals surface area contributed by atoms with Crippen molar-refractivity contribution in [1.29, 1.82) is 0 Å². The molecule has 25 heavy (non-hydrogen) atoms. The molecule has 0 aliphatic heterocycles. The van der Waals surface area contributed by atoms with Crippen LogP contribution in [0.3, 0.4) is 0 Å². The monoisotopic (exact) mass is 345 g/mol. The zero-order valence-corrected chi connectivity index (χ0v) is 13.7. The van der Waals surface area contributed by atoms with Crippen molar-refractivity contribution in [3.63, 3.8) is 0 Å². The molecule has 0 bridgehead atoms. The van der Waals surface area contributed by atoms with Crippen molar-refractivity contribution in [3.05, 3.63) is 65.5 Å². The van der Waals surface area contributed by atoms with Crippen LogP contribution in [-0.4, -0.2) is 23.6 Å². The van der Waals surface area contributed by atoms with Crippen molar-refractivity contribution in [2.24, 2.45) is 0 Å². The molecule has 0 saturated heterocycles. The lowest BCUT2D eigenvalue weighted by Gasteiger charge is -2.08. The van der Waals surface area contributed by atoms with Crippen LogP contribution in [0.4, 0.5) is 4.39 Å². The van der Waals surface area contributed by atoms with Crippen LogP contribution < -0.4 is 10.1 Å². The SMILES string of the molecule is O=C(O)CCCOc1ccc(CNC(=O)Cc2cccc(F)c2)cc1. The Kier molecular flexibility index (Phi) is 6.95. The van der Waals surface area contributed by atoms with E-state index in [1.54, 1.807) is 24.3 Å². The lowest BCUT2D eigenvalue weighted by Crippen LogP contribution is -2.24. The summed E-state index contributed by atoms with van der Waals surface area (Å²) in [5.74, 6) is -0.725. The third kappa shape index (κ3) is 7.03. The summed E-state index contributed by atoms with van der Waals surface area (Å²) in [6.45, 7) is 0.712. The second-order valence-corrected chi connectivity index (χ2v) is 5.57. The molecule has 0 heterocycles. The number of carbonyl (C=O) groups is 2. The molecular formula is C19H20FNO4. The highest BCUT2D eigenvalue weighted by Crippen LogP contribution is 2.13. The normalized spacial score (nSPS) is 10.3. The molecule has 0 aromatic heterocycles. The summed E-state index contributed by atoms with van der Waals surface area (Å²) in [5.41, 5.74) is 1.54. The molecule has 5 nitrogen and oxygen atoms in total. The number of nitrogens with one attached hydrogen (secondary N) is 1. The first-order chi connectivity index (χ1) is 12.0. The van der Waals surface area contributed by atoms with Gasteiger partial charge in [0.15, 0.2) is 0 Å². The number of aliphatic carboxylic acids is 1. The molecule has 0 fully saturated rings. The Labute approximate surface area is 145 Å². The van der Waals surface area contributed by atoms with Crippen LogP contribution in [0.2, 0.25) is 0 Å². The Morgan fingerprint density at radius 1 is 1.08 bits per heavy atom. The van der Waals surface area contributed by atoms with Crippen LogP contribution in [0.25, 0.3) is 0 Å². The van der Waals surface area contributed by atoms with E-state index >= 15 is 0 Å². The molecule has 2 N–H and O–H groups in total. The van der Waals surface area contributed by atoms with Gasteiger partial charge in [-0.15, -0.1) is 0 Å². The Hall–Kier alpha value is -2.89. The third-order valence-corrected chi connectivity index (χ3v) is 3.47. The molecule has 2 aromatic carbocycles. The molecular weight excluding hydrogens is 325 g/mol. The minimum absolute atomic E-state index is 0.0788. The second kappa shape index (κ2) is 9.42. The molecule has 0 saturated carbocycles. The van der Waals surface area contributed by atoms with E-state index < -0.39 is 5.97 Å². The van der Waals surface area contributed by atoms with E-state index in [-0.39, 0.29) is 24.6 Å². The molecule has 0 atom stereocenters. The van der Waals surface area contributed by atoms with Gasteiger partial charge >= 0.3 is 5.97 Å². The number of hydrogen-bond acceptors (Lipinski definition) is 3. The van der Waals surface area contributed by atoms with Gasteiger partial charge in [-0.05, 0) is 41.8 Å². The number of carboxylic acids is 1. The topological polar surface area (TPSA) is 75.6 Å². The molecule has 0 radical (unpaired) electrons. The highest BCUT2D eigenvalue weighted by molar-refractivity contribution is 5.78. The number of benzene rings is 2. The van der Waals surface area contributed by atoms with E-state index in [2.05, 4.69) is 5.32 Å². The van der Waals surface area contributed by atoms with Crippen LogP contribution in [0.1, 0.15) is 24.0 Å². The summed E-state index contributed by atoms with van der Waals surface area (Å²) >= 11 is 0. The maximum atomic E-state index is 13.1. The van der Waals surface area contributed by atoms with Crippen molar-refractivity contribution in [3.8, 4) is 5.75 Å². The average Bonchev–Trinajstić information content (AvgIpc) is 2.58. The van der Waals surface area contributed by atoms with E-state index in [1.807, 2.05) is 12.1 Å². The van der Waals surface area contributed by atoms with E-state index in [9.17, 15) is 14.0 Å². The van der Waals surface area contributed by atoms with Gasteiger partial charge in [0.05, 0.1) is 13.0 Å². The average molecular weight is 345 g/mol. The van der Waals surface area contributed by atoms with Gasteiger partial charge in [-0.3, -0.25) is 9.59 Å². The minimum atomic E-state index is -0.840. The van der Waals surface area contributed by atoms with Crippen LogP contribution in [-0.2, 0) is 22.6 Å². The Balaban J connectivity index is 1.73. The number of ether oxygens (including phenoxy) is 1. The van der Waals surface area contributed by atoms with E-state index in [1.165, 1.54) is 12.1 Å². The Bertz CT molecular complexity index is 716. The van der Waals surface area contributed by atoms with Crippen molar-refractivity contribution in [1.82, 2.24) is 5.32 Å². The fourth-order valence-corrected chi connectivity index (χ4v) is 2.21. The molecule has 132 valence electrons. The molecule has 1 amide bonds. The fraction of sp³-hybridized carbons (Fsp3) is 0.263. The third-order valence-electron chi connectivity index (χ3n) is 3.47. The molecule has 2 aromatic rings. The van der Waals surface area contributed by atoms with Gasteiger partial charge in [0.2, 0.25) is 5.91 Å². The lowest BCUT2D eigenvalue weighted by molar-refractivity contribution is -0.137. The van der Waals surface area contributed by atoms with E-state index in [0.29, 0.717) is 30.9 Å². The fourth-order valence-electron chi connectivity index (χ4n) is 2.21. The summed E-state index contributed by atoms with van der Waals surface area (Å²) < 4.78 is 18.5. The molecule has 0 aliphatic rings. The zero-order valence-electron chi connectivity index (χ0n) is 13.7. The van der Waals surface area contributed by atoms with Gasteiger partial charge < -0.3 is 15.2 Å². The Morgan fingerprint density at radius 3 is 2.52 bits per heavy atom. The summed E-state index contributed by atoms with van der Waals surface area (Å²) in [5, 5.41) is 11.3. The number of halogens is 1. The van der Waals surface area contributed by atoms with Gasteiger partial charge in [0.1, 0.15) is 11.6 Å². The summed E-state index contributed by atoms with van der Waals surface area (Å²) in [6, 6.07) is 13.2. The number of rotatable bonds is 9. The van der Waals surface area contributed by atoms with Gasteiger partial charge in [-0.25, -0.2) is 4.39 Å². The predicted octanol–water partition coefficient (Wildman–Crippen LogP) is 2.93. The van der Waals surface area contributed by atoms with Crippen LogP contribution in [0, 0.1) is 5.82 Å². The highest BCUT2D eigenvalue weighted by Gasteiger charge is 2.05. The van der Waals surface area contributed by atoms with E-state index in [0.717, 1.165) is 5.56 Å². The molecule has 0 aliphatic carbocycles.